The van der Waals surface area contributed by atoms with Gasteiger partial charge in [-0.2, -0.15) is 4.98 Å². The van der Waals surface area contributed by atoms with E-state index in [1.165, 1.54) is 0 Å². The highest BCUT2D eigenvalue weighted by Crippen LogP contribution is 2.38. The zero-order valence-corrected chi connectivity index (χ0v) is 12.6. The topological polar surface area (TPSA) is 69.4 Å². The van der Waals surface area contributed by atoms with Crippen LogP contribution in [0.1, 0.15) is 31.2 Å². The van der Waals surface area contributed by atoms with Gasteiger partial charge >= 0.3 is 6.01 Å². The Morgan fingerprint density at radius 2 is 2.10 bits per heavy atom. The van der Waals surface area contributed by atoms with E-state index in [1.807, 2.05) is 26.0 Å². The number of nitrogens with one attached hydrogen (secondary N) is 1. The van der Waals surface area contributed by atoms with Crippen LogP contribution in [-0.4, -0.2) is 23.4 Å². The molecule has 112 valence electrons. The van der Waals surface area contributed by atoms with Crippen LogP contribution >= 0.6 is 11.6 Å². The summed E-state index contributed by atoms with van der Waals surface area (Å²) in [6.45, 7) is 5.58. The lowest BCUT2D eigenvalue weighted by atomic mass is 10.2. The third kappa shape index (κ3) is 3.05. The molecule has 2 aromatic rings. The van der Waals surface area contributed by atoms with Gasteiger partial charge in [-0.05, 0) is 17.7 Å². The van der Waals surface area contributed by atoms with Crippen LogP contribution in [-0.2, 0) is 6.54 Å². The SMILES string of the molecule is CC(C)c1noc(NCc2cc(Cl)c3c(c2)OCCO3)n1. The lowest BCUT2D eigenvalue weighted by molar-refractivity contribution is 0.171. The van der Waals surface area contributed by atoms with E-state index < -0.39 is 0 Å². The molecule has 1 aliphatic heterocycles. The Labute approximate surface area is 127 Å². The Balaban J connectivity index is 1.71. The van der Waals surface area contributed by atoms with Gasteiger partial charge in [-0.3, -0.25) is 0 Å². The highest BCUT2D eigenvalue weighted by atomic mass is 35.5. The van der Waals surface area contributed by atoms with E-state index >= 15 is 0 Å². The van der Waals surface area contributed by atoms with Crippen molar-refractivity contribution in [2.45, 2.75) is 26.3 Å². The zero-order valence-electron chi connectivity index (χ0n) is 11.9. The lowest BCUT2D eigenvalue weighted by Gasteiger charge is -2.20. The van der Waals surface area contributed by atoms with Crippen molar-refractivity contribution in [3.63, 3.8) is 0 Å². The molecule has 1 aromatic heterocycles. The molecule has 21 heavy (non-hydrogen) atoms. The third-order valence-electron chi connectivity index (χ3n) is 3.06. The highest BCUT2D eigenvalue weighted by Gasteiger charge is 2.17. The summed E-state index contributed by atoms with van der Waals surface area (Å²) in [7, 11) is 0. The summed E-state index contributed by atoms with van der Waals surface area (Å²) in [6.07, 6.45) is 0. The predicted molar refractivity (Wildman–Crippen MR) is 78.2 cm³/mol. The second kappa shape index (κ2) is 5.81. The molecule has 0 amide bonds. The average Bonchev–Trinajstić information content (AvgIpc) is 2.94. The average molecular weight is 310 g/mol. The van der Waals surface area contributed by atoms with Crippen molar-refractivity contribution in [2.24, 2.45) is 0 Å². The summed E-state index contributed by atoms with van der Waals surface area (Å²) in [4.78, 5) is 4.26. The fourth-order valence-corrected chi connectivity index (χ4v) is 2.27. The lowest BCUT2D eigenvalue weighted by Crippen LogP contribution is -2.16. The van der Waals surface area contributed by atoms with Gasteiger partial charge in [0.2, 0.25) is 0 Å². The van der Waals surface area contributed by atoms with Crippen LogP contribution in [0.5, 0.6) is 11.5 Å². The molecule has 1 aliphatic rings. The third-order valence-corrected chi connectivity index (χ3v) is 3.34. The summed E-state index contributed by atoms with van der Waals surface area (Å²) in [5.74, 6) is 2.18. The number of nitrogens with zero attached hydrogens (tertiary/aromatic N) is 2. The molecule has 0 saturated carbocycles. The Morgan fingerprint density at radius 1 is 1.29 bits per heavy atom. The minimum absolute atomic E-state index is 0.230. The number of aromatic nitrogens is 2. The number of ether oxygens (including phenoxy) is 2. The summed E-state index contributed by atoms with van der Waals surface area (Å²) in [5, 5.41) is 7.51. The number of hydrogen-bond donors (Lipinski definition) is 1. The molecule has 0 atom stereocenters. The van der Waals surface area contributed by atoms with E-state index in [-0.39, 0.29) is 5.92 Å². The van der Waals surface area contributed by atoms with Gasteiger partial charge < -0.3 is 19.3 Å². The zero-order chi connectivity index (χ0) is 14.8. The molecule has 6 nitrogen and oxygen atoms in total. The molecule has 0 radical (unpaired) electrons. The van der Waals surface area contributed by atoms with E-state index in [1.54, 1.807) is 0 Å². The van der Waals surface area contributed by atoms with Gasteiger partial charge in [-0.25, -0.2) is 0 Å². The highest BCUT2D eigenvalue weighted by molar-refractivity contribution is 6.32. The van der Waals surface area contributed by atoms with Crippen LogP contribution in [0.2, 0.25) is 5.02 Å². The van der Waals surface area contributed by atoms with Crippen LogP contribution < -0.4 is 14.8 Å². The molecular formula is C14H16ClN3O3. The molecule has 0 spiro atoms. The smallest absolute Gasteiger partial charge is 0.321 e. The standard InChI is InChI=1S/C14H16ClN3O3/c1-8(2)13-17-14(21-18-13)16-7-9-5-10(15)12-11(6-9)19-3-4-20-12/h5-6,8H,3-4,7H2,1-2H3,(H,16,17,18). The van der Waals surface area contributed by atoms with Gasteiger partial charge in [0, 0.05) is 12.5 Å². The molecule has 1 aromatic carbocycles. The van der Waals surface area contributed by atoms with Crippen molar-refractivity contribution in [1.82, 2.24) is 10.1 Å². The van der Waals surface area contributed by atoms with Crippen LogP contribution in [0.3, 0.4) is 0 Å². The Kier molecular flexibility index (Phi) is 3.88. The normalized spacial score (nSPS) is 13.5. The first-order valence-corrected chi connectivity index (χ1v) is 7.17. The fraction of sp³-hybridized carbons (Fsp3) is 0.429. The first-order valence-electron chi connectivity index (χ1n) is 6.79. The largest absolute Gasteiger partial charge is 0.486 e. The molecule has 7 heteroatoms. The van der Waals surface area contributed by atoms with Crippen molar-refractivity contribution < 1.29 is 14.0 Å². The van der Waals surface area contributed by atoms with Gasteiger partial charge in [0.05, 0.1) is 5.02 Å². The second-order valence-electron chi connectivity index (χ2n) is 5.07. The molecule has 2 heterocycles. The van der Waals surface area contributed by atoms with E-state index in [0.29, 0.717) is 48.1 Å². The van der Waals surface area contributed by atoms with Gasteiger partial charge in [0.1, 0.15) is 13.2 Å². The molecule has 0 unspecified atom stereocenters. The summed E-state index contributed by atoms with van der Waals surface area (Å²) in [6, 6.07) is 4.12. The van der Waals surface area contributed by atoms with Gasteiger partial charge in [-0.15, -0.1) is 0 Å². The van der Waals surface area contributed by atoms with Crippen molar-refractivity contribution in [1.29, 1.82) is 0 Å². The monoisotopic (exact) mass is 309 g/mol. The van der Waals surface area contributed by atoms with Crippen LogP contribution in [0.25, 0.3) is 0 Å². The van der Waals surface area contributed by atoms with E-state index in [2.05, 4.69) is 15.5 Å². The molecule has 1 N–H and O–H groups in total. The van der Waals surface area contributed by atoms with E-state index in [4.69, 9.17) is 25.6 Å². The van der Waals surface area contributed by atoms with Gasteiger partial charge in [0.15, 0.2) is 17.3 Å². The van der Waals surface area contributed by atoms with Crippen LogP contribution in [0.15, 0.2) is 16.7 Å². The summed E-state index contributed by atoms with van der Waals surface area (Å²) in [5.41, 5.74) is 0.952. The van der Waals surface area contributed by atoms with Crippen LogP contribution in [0.4, 0.5) is 6.01 Å². The molecular weight excluding hydrogens is 294 g/mol. The summed E-state index contributed by atoms with van der Waals surface area (Å²) < 4.78 is 16.2. The van der Waals surface area contributed by atoms with E-state index in [0.717, 1.165) is 5.56 Å². The first-order chi connectivity index (χ1) is 10.1. The first kappa shape index (κ1) is 14.0. The maximum atomic E-state index is 6.19. The van der Waals surface area contributed by atoms with Crippen molar-refractivity contribution in [3.8, 4) is 11.5 Å². The second-order valence-corrected chi connectivity index (χ2v) is 5.48. The predicted octanol–water partition coefficient (Wildman–Crippen LogP) is 3.23. The fourth-order valence-electron chi connectivity index (χ4n) is 1.99. The Hall–Kier alpha value is -1.95. The number of rotatable bonds is 4. The molecule has 3 rings (SSSR count). The maximum absolute atomic E-state index is 6.19. The summed E-state index contributed by atoms with van der Waals surface area (Å²) >= 11 is 6.19. The Morgan fingerprint density at radius 3 is 2.86 bits per heavy atom. The molecule has 0 fully saturated rings. The molecule has 0 aliphatic carbocycles. The molecule has 0 saturated heterocycles. The minimum atomic E-state index is 0.230. The number of hydrogen-bond acceptors (Lipinski definition) is 6. The minimum Gasteiger partial charge on any atom is -0.486 e. The van der Waals surface area contributed by atoms with Crippen molar-refractivity contribution in [3.05, 3.63) is 28.5 Å². The Bertz CT molecular complexity index is 642. The van der Waals surface area contributed by atoms with Crippen molar-refractivity contribution in [2.75, 3.05) is 18.5 Å². The number of anilines is 1. The van der Waals surface area contributed by atoms with Gasteiger partial charge in [0.25, 0.3) is 0 Å². The number of benzene rings is 1. The van der Waals surface area contributed by atoms with Crippen molar-refractivity contribution >= 4 is 17.6 Å². The van der Waals surface area contributed by atoms with Gasteiger partial charge in [-0.1, -0.05) is 30.6 Å². The van der Waals surface area contributed by atoms with Crippen LogP contribution in [0, 0.1) is 0 Å². The number of fused-ring (bicyclic) bond motifs is 1. The maximum Gasteiger partial charge on any atom is 0.321 e. The quantitative estimate of drug-likeness (QED) is 0.935. The van der Waals surface area contributed by atoms with E-state index in [9.17, 15) is 0 Å². The number of halogens is 1. The molecule has 0 bridgehead atoms.